The fraction of sp³-hybridized carbons (Fsp3) is 0.0870. The highest BCUT2D eigenvalue weighted by Crippen LogP contribution is 2.26. The van der Waals surface area contributed by atoms with Gasteiger partial charge in [-0.15, -0.1) is 0 Å². The van der Waals surface area contributed by atoms with Gasteiger partial charge in [-0.1, -0.05) is 36.4 Å². The van der Waals surface area contributed by atoms with Crippen LogP contribution in [0.5, 0.6) is 0 Å². The Balaban J connectivity index is 1.84. The van der Waals surface area contributed by atoms with Gasteiger partial charge < -0.3 is 4.90 Å². The van der Waals surface area contributed by atoms with Gasteiger partial charge in [0.25, 0.3) is 0 Å². The Morgan fingerprint density at radius 3 is 2.04 bits per heavy atom. The van der Waals surface area contributed by atoms with Gasteiger partial charge in [-0.2, -0.15) is 0 Å². The minimum absolute atomic E-state index is 0.00814. The minimum atomic E-state index is 0.00814. The van der Waals surface area contributed by atoms with Crippen molar-refractivity contribution in [2.45, 2.75) is 6.92 Å². The SMILES string of the molecule is C=Cc1cc(C(=O)c2ccc(N(C)c3ccc(Cl)cc3)cc2)ccc1C. The number of halogens is 1. The maximum Gasteiger partial charge on any atom is 0.193 e. The largest absolute Gasteiger partial charge is 0.345 e. The van der Waals surface area contributed by atoms with Gasteiger partial charge >= 0.3 is 0 Å². The summed E-state index contributed by atoms with van der Waals surface area (Å²) >= 11 is 5.95. The molecule has 2 nitrogen and oxygen atoms in total. The third kappa shape index (κ3) is 3.71. The summed E-state index contributed by atoms with van der Waals surface area (Å²) < 4.78 is 0. The molecule has 0 saturated carbocycles. The number of hydrogen-bond donors (Lipinski definition) is 0. The number of carbonyl (C=O) groups excluding carboxylic acids is 1. The maximum absolute atomic E-state index is 12.8. The Bertz CT molecular complexity index is 943. The summed E-state index contributed by atoms with van der Waals surface area (Å²) in [6.45, 7) is 5.81. The van der Waals surface area contributed by atoms with E-state index in [-0.39, 0.29) is 5.78 Å². The first-order valence-electron chi connectivity index (χ1n) is 8.37. The van der Waals surface area contributed by atoms with Crippen molar-refractivity contribution in [1.82, 2.24) is 0 Å². The van der Waals surface area contributed by atoms with E-state index in [0.29, 0.717) is 16.1 Å². The van der Waals surface area contributed by atoms with Gasteiger partial charge in [0.15, 0.2) is 5.78 Å². The quantitative estimate of drug-likeness (QED) is 0.497. The molecule has 3 rings (SSSR count). The van der Waals surface area contributed by atoms with E-state index in [4.69, 9.17) is 11.6 Å². The molecule has 0 saturated heterocycles. The van der Waals surface area contributed by atoms with Crippen LogP contribution in [-0.2, 0) is 0 Å². The van der Waals surface area contributed by atoms with Gasteiger partial charge in [0, 0.05) is 34.6 Å². The van der Waals surface area contributed by atoms with Crippen LogP contribution < -0.4 is 4.90 Å². The van der Waals surface area contributed by atoms with E-state index in [1.807, 2.05) is 85.6 Å². The van der Waals surface area contributed by atoms with Gasteiger partial charge in [0.2, 0.25) is 0 Å². The first-order valence-corrected chi connectivity index (χ1v) is 8.74. The second-order valence-electron chi connectivity index (χ2n) is 6.19. The highest BCUT2D eigenvalue weighted by Gasteiger charge is 2.11. The van der Waals surface area contributed by atoms with E-state index < -0.39 is 0 Å². The number of hydrogen-bond acceptors (Lipinski definition) is 2. The van der Waals surface area contributed by atoms with E-state index in [9.17, 15) is 4.79 Å². The molecule has 26 heavy (non-hydrogen) atoms. The van der Waals surface area contributed by atoms with Gasteiger partial charge in [-0.25, -0.2) is 0 Å². The molecule has 0 amide bonds. The molecule has 0 bridgehead atoms. The summed E-state index contributed by atoms with van der Waals surface area (Å²) in [6, 6.07) is 21.0. The highest BCUT2D eigenvalue weighted by molar-refractivity contribution is 6.30. The number of anilines is 2. The van der Waals surface area contributed by atoms with Gasteiger partial charge in [-0.05, 0) is 72.6 Å². The molecule has 130 valence electrons. The fourth-order valence-corrected chi connectivity index (χ4v) is 2.94. The summed E-state index contributed by atoms with van der Waals surface area (Å²) in [6.07, 6.45) is 1.77. The molecular formula is C23H20ClNO. The Morgan fingerprint density at radius 2 is 1.46 bits per heavy atom. The van der Waals surface area contributed by atoms with Crippen LogP contribution in [0, 0.1) is 6.92 Å². The van der Waals surface area contributed by atoms with Crippen molar-refractivity contribution in [3.05, 3.63) is 101 Å². The molecule has 0 N–H and O–H groups in total. The molecule has 0 aromatic heterocycles. The van der Waals surface area contributed by atoms with Crippen LogP contribution in [0.1, 0.15) is 27.0 Å². The monoisotopic (exact) mass is 361 g/mol. The molecule has 0 aliphatic carbocycles. The van der Waals surface area contributed by atoms with Crippen molar-refractivity contribution >= 4 is 34.8 Å². The smallest absolute Gasteiger partial charge is 0.193 e. The van der Waals surface area contributed by atoms with E-state index >= 15 is 0 Å². The van der Waals surface area contributed by atoms with E-state index in [0.717, 1.165) is 22.5 Å². The summed E-state index contributed by atoms with van der Waals surface area (Å²) in [7, 11) is 1.98. The topological polar surface area (TPSA) is 20.3 Å². The van der Waals surface area contributed by atoms with Crippen LogP contribution in [0.3, 0.4) is 0 Å². The number of aryl methyl sites for hydroxylation is 1. The second-order valence-corrected chi connectivity index (χ2v) is 6.62. The Labute approximate surface area is 159 Å². The molecule has 0 unspecified atom stereocenters. The van der Waals surface area contributed by atoms with E-state index in [1.165, 1.54) is 0 Å². The molecule has 0 aliphatic rings. The Morgan fingerprint density at radius 1 is 0.923 bits per heavy atom. The lowest BCUT2D eigenvalue weighted by molar-refractivity contribution is 0.103. The van der Waals surface area contributed by atoms with Gasteiger partial charge in [-0.3, -0.25) is 4.79 Å². The third-order valence-electron chi connectivity index (χ3n) is 4.49. The summed E-state index contributed by atoms with van der Waals surface area (Å²) in [4.78, 5) is 14.8. The summed E-state index contributed by atoms with van der Waals surface area (Å²) in [5.41, 5.74) is 5.45. The zero-order valence-corrected chi connectivity index (χ0v) is 15.6. The number of ketones is 1. The molecule has 3 aromatic rings. The zero-order valence-electron chi connectivity index (χ0n) is 14.9. The van der Waals surface area contributed by atoms with Crippen LogP contribution in [0.4, 0.5) is 11.4 Å². The number of benzene rings is 3. The predicted molar refractivity (Wildman–Crippen MR) is 111 cm³/mol. The van der Waals surface area contributed by atoms with Crippen molar-refractivity contribution in [1.29, 1.82) is 0 Å². The standard InChI is InChI=1S/C23H20ClNO/c1-4-17-15-19(6-5-16(17)2)23(26)18-7-11-21(12-8-18)25(3)22-13-9-20(24)10-14-22/h4-15H,1H2,2-3H3. The lowest BCUT2D eigenvalue weighted by atomic mass is 9.98. The maximum atomic E-state index is 12.8. The van der Waals surface area contributed by atoms with Gasteiger partial charge in [0.05, 0.1) is 0 Å². The first kappa shape index (κ1) is 18.0. The highest BCUT2D eigenvalue weighted by atomic mass is 35.5. The predicted octanol–water partition coefficient (Wildman–Crippen LogP) is 6.29. The average Bonchev–Trinajstić information content (AvgIpc) is 2.68. The third-order valence-corrected chi connectivity index (χ3v) is 4.74. The molecule has 0 atom stereocenters. The normalized spacial score (nSPS) is 10.4. The Hall–Kier alpha value is -2.84. The molecule has 0 fully saturated rings. The minimum Gasteiger partial charge on any atom is -0.345 e. The van der Waals surface area contributed by atoms with Crippen molar-refractivity contribution < 1.29 is 4.79 Å². The van der Waals surface area contributed by atoms with Crippen molar-refractivity contribution in [2.24, 2.45) is 0 Å². The number of carbonyl (C=O) groups is 1. The van der Waals surface area contributed by atoms with Crippen molar-refractivity contribution in [3.8, 4) is 0 Å². The molecule has 0 spiro atoms. The zero-order chi connectivity index (χ0) is 18.7. The van der Waals surface area contributed by atoms with Crippen LogP contribution in [0.25, 0.3) is 6.08 Å². The summed E-state index contributed by atoms with van der Waals surface area (Å²) in [5.74, 6) is 0.00814. The van der Waals surface area contributed by atoms with Crippen LogP contribution in [0.2, 0.25) is 5.02 Å². The lowest BCUT2D eigenvalue weighted by Gasteiger charge is -2.19. The van der Waals surface area contributed by atoms with E-state index in [2.05, 4.69) is 6.58 Å². The summed E-state index contributed by atoms with van der Waals surface area (Å²) in [5, 5.41) is 0.708. The molecule has 3 aromatic carbocycles. The van der Waals surface area contributed by atoms with Crippen molar-refractivity contribution in [3.63, 3.8) is 0 Å². The lowest BCUT2D eigenvalue weighted by Crippen LogP contribution is -2.09. The van der Waals surface area contributed by atoms with Crippen LogP contribution in [0.15, 0.2) is 73.3 Å². The number of nitrogens with zero attached hydrogens (tertiary/aromatic N) is 1. The average molecular weight is 362 g/mol. The first-order chi connectivity index (χ1) is 12.5. The van der Waals surface area contributed by atoms with Crippen LogP contribution >= 0.6 is 11.6 Å². The Kier molecular flexibility index (Phi) is 5.24. The number of rotatable bonds is 5. The molecule has 0 heterocycles. The second kappa shape index (κ2) is 7.59. The van der Waals surface area contributed by atoms with Gasteiger partial charge in [0.1, 0.15) is 0 Å². The van der Waals surface area contributed by atoms with Crippen LogP contribution in [-0.4, -0.2) is 12.8 Å². The molecular weight excluding hydrogens is 342 g/mol. The molecule has 0 radical (unpaired) electrons. The van der Waals surface area contributed by atoms with Crippen molar-refractivity contribution in [2.75, 3.05) is 11.9 Å². The molecule has 0 aliphatic heterocycles. The molecule has 3 heteroatoms. The van der Waals surface area contributed by atoms with E-state index in [1.54, 1.807) is 6.08 Å². The fourth-order valence-electron chi connectivity index (χ4n) is 2.82.